The first-order valence-corrected chi connectivity index (χ1v) is 18.8. The summed E-state index contributed by atoms with van der Waals surface area (Å²) >= 11 is 0. The monoisotopic (exact) mass is 733 g/mol. The number of furan rings is 1. The molecule has 0 saturated carbocycles. The number of fused-ring (bicyclic) bond motifs is 9. The van der Waals surface area contributed by atoms with E-state index in [1.807, 2.05) is 60.7 Å². The third kappa shape index (κ3) is 5.62. The van der Waals surface area contributed by atoms with Gasteiger partial charge < -0.3 is 8.98 Å². The van der Waals surface area contributed by atoms with E-state index in [1.165, 1.54) is 5.39 Å². The molecule has 7 aromatic carbocycles. The van der Waals surface area contributed by atoms with Gasteiger partial charge in [0.25, 0.3) is 0 Å². The van der Waals surface area contributed by atoms with E-state index in [0.717, 1.165) is 82.5 Å². The van der Waals surface area contributed by atoms with Crippen molar-refractivity contribution in [3.63, 3.8) is 0 Å². The number of hydrogen-bond donors (Lipinski definition) is 0. The molecular weight excluding hydrogens is 699 g/mol. The van der Waals surface area contributed by atoms with Gasteiger partial charge in [-0.1, -0.05) is 140 Å². The van der Waals surface area contributed by atoms with Gasteiger partial charge in [-0.3, -0.25) is 4.57 Å². The van der Waals surface area contributed by atoms with Crippen molar-refractivity contribution in [3.05, 3.63) is 200 Å². The van der Waals surface area contributed by atoms with Crippen molar-refractivity contribution in [3.8, 4) is 16.8 Å². The van der Waals surface area contributed by atoms with E-state index >= 15 is 0 Å². The molecule has 57 heavy (non-hydrogen) atoms. The van der Waals surface area contributed by atoms with Crippen LogP contribution in [0.3, 0.4) is 0 Å². The maximum Gasteiger partial charge on any atom is 0.236 e. The van der Waals surface area contributed by atoms with Gasteiger partial charge in [0.15, 0.2) is 11.4 Å². The molecule has 270 valence electrons. The number of aromatic nitrogens is 2. The molecule has 0 unspecified atom stereocenters. The topological polar surface area (TPSA) is 60.1 Å². The predicted octanol–water partition coefficient (Wildman–Crippen LogP) is 13.1. The normalized spacial score (nSPS) is 12.8. The van der Waals surface area contributed by atoms with Crippen LogP contribution >= 0.6 is 0 Å². The fourth-order valence-electron chi connectivity index (χ4n) is 8.10. The number of rotatable bonds is 6. The molecule has 0 saturated heterocycles. The zero-order chi connectivity index (χ0) is 38.3. The molecule has 6 nitrogen and oxygen atoms in total. The number of amidine groups is 1. The predicted molar refractivity (Wildman–Crippen MR) is 240 cm³/mol. The minimum atomic E-state index is 0.464. The van der Waals surface area contributed by atoms with Gasteiger partial charge in [0.05, 0.1) is 27.8 Å². The summed E-state index contributed by atoms with van der Waals surface area (Å²) < 4.78 is 11.0. The van der Waals surface area contributed by atoms with Gasteiger partial charge in [0.1, 0.15) is 5.58 Å². The van der Waals surface area contributed by atoms with E-state index in [2.05, 4.69) is 143 Å². The summed E-state index contributed by atoms with van der Waals surface area (Å²) in [5, 5.41) is 6.74. The van der Waals surface area contributed by atoms with Crippen molar-refractivity contribution in [2.75, 3.05) is 0 Å². The van der Waals surface area contributed by atoms with Crippen LogP contribution in [0.4, 0.5) is 0 Å². The number of nitrogens with zero attached hydrogens (tertiary/aromatic N) is 5. The summed E-state index contributed by atoms with van der Waals surface area (Å²) in [6.07, 6.45) is 9.07. The minimum absolute atomic E-state index is 0.464. The van der Waals surface area contributed by atoms with Gasteiger partial charge in [-0.25, -0.2) is 9.98 Å². The summed E-state index contributed by atoms with van der Waals surface area (Å²) in [7, 11) is 0. The first kappa shape index (κ1) is 33.7. The Hall–Kier alpha value is -7.83. The second-order valence-electron chi connectivity index (χ2n) is 13.7. The molecule has 0 spiro atoms. The van der Waals surface area contributed by atoms with Crippen LogP contribution in [-0.2, 0) is 0 Å². The first-order chi connectivity index (χ1) is 28.2. The summed E-state index contributed by atoms with van der Waals surface area (Å²) in [4.78, 5) is 14.3. The number of hydrogen-bond acceptors (Lipinski definition) is 2. The molecule has 0 aliphatic carbocycles. The van der Waals surface area contributed by atoms with E-state index in [0.29, 0.717) is 11.8 Å². The van der Waals surface area contributed by atoms with Crippen molar-refractivity contribution in [2.45, 2.75) is 0 Å². The molecule has 10 rings (SSSR count). The molecule has 0 atom stereocenters. The van der Waals surface area contributed by atoms with Gasteiger partial charge >= 0.3 is 0 Å². The molecule has 0 N–H and O–H groups in total. The van der Waals surface area contributed by atoms with E-state index in [-0.39, 0.29) is 0 Å². The Kier molecular flexibility index (Phi) is 8.34. The standard InChI is InChI=1S/C51H35N5O/c1-3-4-5-15-32-53-51(54-50(52-2)34-18-7-6-8-19-34)56-43-26-13-10-22-40(43)48-36(23-16-27-45(48)56)35-30-31-44-41(33-35)37-20-9-12-25-42(37)55(44)46-28-17-24-39-38-21-11-14-29-47(38)57-49(39)46/h3-33H,1-2H2/b5-4-,32-15-,53-51-,54-50-. The van der Waals surface area contributed by atoms with Gasteiger partial charge in [0.2, 0.25) is 5.96 Å². The largest absolute Gasteiger partial charge is 0.454 e. The van der Waals surface area contributed by atoms with Crippen LogP contribution in [0.1, 0.15) is 5.56 Å². The smallest absolute Gasteiger partial charge is 0.236 e. The fraction of sp³-hybridized carbons (Fsp3) is 0. The number of aliphatic imine (C=N–C) groups is 3. The maximum atomic E-state index is 6.54. The first-order valence-electron chi connectivity index (χ1n) is 18.8. The van der Waals surface area contributed by atoms with E-state index in [9.17, 15) is 0 Å². The Bertz CT molecular complexity index is 3330. The average molecular weight is 734 g/mol. The van der Waals surface area contributed by atoms with E-state index < -0.39 is 0 Å². The second kappa shape index (κ2) is 14.1. The Morgan fingerprint density at radius 3 is 2.12 bits per heavy atom. The van der Waals surface area contributed by atoms with E-state index in [1.54, 1.807) is 12.3 Å². The molecule has 3 heterocycles. The zero-order valence-corrected chi connectivity index (χ0v) is 31.0. The Labute approximate surface area is 328 Å². The lowest BCUT2D eigenvalue weighted by Crippen LogP contribution is -2.12. The third-order valence-electron chi connectivity index (χ3n) is 10.5. The molecule has 0 aliphatic rings. The molecule has 6 heteroatoms. The van der Waals surface area contributed by atoms with Crippen LogP contribution in [0.15, 0.2) is 214 Å². The molecule has 3 aromatic heterocycles. The average Bonchev–Trinajstić information content (AvgIpc) is 3.93. The van der Waals surface area contributed by atoms with Crippen molar-refractivity contribution in [1.82, 2.24) is 9.13 Å². The molecule has 0 aliphatic heterocycles. The fourth-order valence-corrected chi connectivity index (χ4v) is 8.10. The lowest BCUT2D eigenvalue weighted by molar-refractivity contribution is 0.666. The van der Waals surface area contributed by atoms with Crippen molar-refractivity contribution < 1.29 is 4.42 Å². The molecule has 0 radical (unpaired) electrons. The number of para-hydroxylation sites is 4. The van der Waals surface area contributed by atoms with Gasteiger partial charge in [-0.05, 0) is 66.4 Å². The minimum Gasteiger partial charge on any atom is -0.454 e. The highest BCUT2D eigenvalue weighted by Crippen LogP contribution is 2.42. The molecule has 0 bridgehead atoms. The summed E-state index contributed by atoms with van der Waals surface area (Å²) in [6, 6.07) is 54.8. The highest BCUT2D eigenvalue weighted by Gasteiger charge is 2.21. The maximum absolute atomic E-state index is 6.54. The number of allylic oxidation sites excluding steroid dienone is 4. The molecule has 10 aromatic rings. The van der Waals surface area contributed by atoms with Crippen LogP contribution in [0, 0.1) is 0 Å². The molecule has 0 fully saturated rings. The Morgan fingerprint density at radius 2 is 1.28 bits per heavy atom. The van der Waals surface area contributed by atoms with Crippen LogP contribution in [-0.4, -0.2) is 27.6 Å². The second-order valence-corrected chi connectivity index (χ2v) is 13.7. The van der Waals surface area contributed by atoms with Gasteiger partial charge in [-0.2, -0.15) is 4.99 Å². The van der Waals surface area contributed by atoms with Crippen molar-refractivity contribution in [2.24, 2.45) is 15.0 Å². The Morgan fingerprint density at radius 1 is 0.579 bits per heavy atom. The zero-order valence-electron chi connectivity index (χ0n) is 31.0. The van der Waals surface area contributed by atoms with Crippen LogP contribution < -0.4 is 0 Å². The van der Waals surface area contributed by atoms with Crippen molar-refractivity contribution >= 4 is 84.1 Å². The molecular formula is C51H35N5O. The van der Waals surface area contributed by atoms with Crippen LogP contribution in [0.5, 0.6) is 0 Å². The van der Waals surface area contributed by atoms with E-state index in [4.69, 9.17) is 14.4 Å². The highest BCUT2D eigenvalue weighted by molar-refractivity contribution is 6.21. The molecule has 0 amide bonds. The lowest BCUT2D eigenvalue weighted by atomic mass is 9.98. The van der Waals surface area contributed by atoms with Gasteiger partial charge in [0, 0.05) is 44.1 Å². The summed E-state index contributed by atoms with van der Waals surface area (Å²) in [5.74, 6) is 0.942. The number of benzene rings is 7. The quantitative estimate of drug-likeness (QED) is 0.0953. The van der Waals surface area contributed by atoms with Gasteiger partial charge in [-0.15, -0.1) is 0 Å². The van der Waals surface area contributed by atoms with Crippen LogP contribution in [0.25, 0.3) is 82.4 Å². The van der Waals surface area contributed by atoms with Crippen molar-refractivity contribution in [1.29, 1.82) is 0 Å². The third-order valence-corrected chi connectivity index (χ3v) is 10.5. The highest BCUT2D eigenvalue weighted by atomic mass is 16.3. The summed E-state index contributed by atoms with van der Waals surface area (Å²) in [5.41, 5.74) is 10.0. The summed E-state index contributed by atoms with van der Waals surface area (Å²) in [6.45, 7) is 7.65. The van der Waals surface area contributed by atoms with Crippen LogP contribution in [0.2, 0.25) is 0 Å². The lowest BCUT2D eigenvalue weighted by Gasteiger charge is -2.10. The SMILES string of the molecule is C=C\C=C/C=C\N=C(\N=C(/N=C)c1ccccc1)n1c2ccccc2c2c(-c3ccc4c(c3)c3ccccc3n4-c3cccc4c3oc3ccccc34)cccc21. The Balaban J connectivity index is 1.20.